The SMILES string of the molecule is Cc1ccc(C(=O)N(C)CC(=O)O)c(F)c1. The minimum atomic E-state index is -1.14. The van der Waals surface area contributed by atoms with Crippen LogP contribution in [0.5, 0.6) is 0 Å². The normalized spacial score (nSPS) is 9.94. The van der Waals surface area contributed by atoms with E-state index in [2.05, 4.69) is 0 Å². The molecule has 1 amide bonds. The first-order valence-corrected chi connectivity index (χ1v) is 4.65. The molecule has 0 heterocycles. The van der Waals surface area contributed by atoms with Crippen molar-refractivity contribution in [2.45, 2.75) is 6.92 Å². The van der Waals surface area contributed by atoms with E-state index in [0.29, 0.717) is 5.56 Å². The van der Waals surface area contributed by atoms with E-state index in [4.69, 9.17) is 5.11 Å². The van der Waals surface area contributed by atoms with Gasteiger partial charge in [-0.3, -0.25) is 9.59 Å². The average molecular weight is 225 g/mol. The zero-order chi connectivity index (χ0) is 12.3. The maximum absolute atomic E-state index is 13.4. The molecule has 1 aromatic rings. The number of aryl methyl sites for hydroxylation is 1. The Labute approximate surface area is 92.3 Å². The molecule has 0 aliphatic rings. The van der Waals surface area contributed by atoms with Gasteiger partial charge in [-0.25, -0.2) is 4.39 Å². The quantitative estimate of drug-likeness (QED) is 0.843. The summed E-state index contributed by atoms with van der Waals surface area (Å²) in [5, 5.41) is 8.51. The van der Waals surface area contributed by atoms with E-state index >= 15 is 0 Å². The largest absolute Gasteiger partial charge is 0.480 e. The standard InChI is InChI=1S/C11H12FNO3/c1-7-3-4-8(9(12)5-7)11(16)13(2)6-10(14)15/h3-5H,6H2,1-2H3,(H,14,15). The van der Waals surface area contributed by atoms with Gasteiger partial charge in [0.05, 0.1) is 5.56 Å². The fourth-order valence-electron chi connectivity index (χ4n) is 1.27. The number of amides is 1. The van der Waals surface area contributed by atoms with Gasteiger partial charge in [-0.1, -0.05) is 6.07 Å². The summed E-state index contributed by atoms with van der Waals surface area (Å²) >= 11 is 0. The Bertz CT molecular complexity index is 431. The van der Waals surface area contributed by atoms with Crippen molar-refractivity contribution in [3.8, 4) is 0 Å². The van der Waals surface area contributed by atoms with E-state index in [0.717, 1.165) is 4.90 Å². The Morgan fingerprint density at radius 1 is 1.44 bits per heavy atom. The third-order valence-electron chi connectivity index (χ3n) is 2.07. The fourth-order valence-corrected chi connectivity index (χ4v) is 1.27. The highest BCUT2D eigenvalue weighted by molar-refractivity contribution is 5.95. The number of halogens is 1. The summed E-state index contributed by atoms with van der Waals surface area (Å²) in [6.45, 7) is 1.25. The molecule has 0 aromatic heterocycles. The van der Waals surface area contributed by atoms with Crippen LogP contribution in [0.1, 0.15) is 15.9 Å². The van der Waals surface area contributed by atoms with Gasteiger partial charge < -0.3 is 10.0 Å². The Balaban J connectivity index is 2.92. The molecule has 0 aliphatic heterocycles. The highest BCUT2D eigenvalue weighted by Gasteiger charge is 2.17. The van der Waals surface area contributed by atoms with Gasteiger partial charge in [-0.05, 0) is 24.6 Å². The lowest BCUT2D eigenvalue weighted by Gasteiger charge is -2.14. The predicted octanol–water partition coefficient (Wildman–Crippen LogP) is 1.29. The highest BCUT2D eigenvalue weighted by Crippen LogP contribution is 2.11. The van der Waals surface area contributed by atoms with Crippen molar-refractivity contribution in [3.63, 3.8) is 0 Å². The van der Waals surface area contributed by atoms with Crippen molar-refractivity contribution < 1.29 is 19.1 Å². The van der Waals surface area contributed by atoms with Gasteiger partial charge in [0.2, 0.25) is 0 Å². The zero-order valence-corrected chi connectivity index (χ0v) is 9.03. The Morgan fingerprint density at radius 3 is 2.56 bits per heavy atom. The Kier molecular flexibility index (Phi) is 3.60. The molecular formula is C11H12FNO3. The molecule has 0 saturated carbocycles. The molecule has 0 fully saturated rings. The van der Waals surface area contributed by atoms with Crippen LogP contribution in [0, 0.1) is 12.7 Å². The van der Waals surface area contributed by atoms with Gasteiger partial charge in [0.25, 0.3) is 5.91 Å². The Morgan fingerprint density at radius 2 is 2.06 bits per heavy atom. The zero-order valence-electron chi connectivity index (χ0n) is 9.03. The maximum atomic E-state index is 13.4. The molecule has 1 rings (SSSR count). The van der Waals surface area contributed by atoms with E-state index in [1.54, 1.807) is 13.0 Å². The molecule has 0 aliphatic carbocycles. The van der Waals surface area contributed by atoms with E-state index in [1.165, 1.54) is 19.2 Å². The first kappa shape index (κ1) is 12.2. The van der Waals surface area contributed by atoms with Crippen LogP contribution in [0.4, 0.5) is 4.39 Å². The second-order valence-electron chi connectivity index (χ2n) is 3.54. The van der Waals surface area contributed by atoms with Crippen molar-refractivity contribution in [2.24, 2.45) is 0 Å². The number of nitrogens with zero attached hydrogens (tertiary/aromatic N) is 1. The monoisotopic (exact) mass is 225 g/mol. The molecule has 1 N–H and O–H groups in total. The summed E-state index contributed by atoms with van der Waals surface area (Å²) in [6, 6.07) is 4.19. The van der Waals surface area contributed by atoms with Gasteiger partial charge >= 0.3 is 5.97 Å². The molecule has 0 spiro atoms. The third kappa shape index (κ3) is 2.79. The van der Waals surface area contributed by atoms with Crippen LogP contribution < -0.4 is 0 Å². The van der Waals surface area contributed by atoms with Gasteiger partial charge in [-0.15, -0.1) is 0 Å². The molecule has 0 atom stereocenters. The number of benzene rings is 1. The minimum absolute atomic E-state index is 0.116. The molecular weight excluding hydrogens is 213 g/mol. The number of carbonyl (C=O) groups is 2. The van der Waals surface area contributed by atoms with E-state index in [1.807, 2.05) is 0 Å². The number of carboxylic acids is 1. The number of aliphatic carboxylic acids is 1. The lowest BCUT2D eigenvalue weighted by atomic mass is 10.1. The number of carboxylic acid groups (broad SMARTS) is 1. The molecule has 16 heavy (non-hydrogen) atoms. The molecule has 0 unspecified atom stereocenters. The van der Waals surface area contributed by atoms with Gasteiger partial charge in [0.1, 0.15) is 12.4 Å². The number of hydrogen-bond donors (Lipinski definition) is 1. The minimum Gasteiger partial charge on any atom is -0.480 e. The van der Waals surface area contributed by atoms with Crippen LogP contribution in [0.3, 0.4) is 0 Å². The molecule has 86 valence electrons. The lowest BCUT2D eigenvalue weighted by Crippen LogP contribution is -2.32. The topological polar surface area (TPSA) is 57.6 Å². The van der Waals surface area contributed by atoms with Crippen molar-refractivity contribution in [3.05, 3.63) is 35.1 Å². The maximum Gasteiger partial charge on any atom is 0.323 e. The molecule has 4 nitrogen and oxygen atoms in total. The van der Waals surface area contributed by atoms with Crippen molar-refractivity contribution in [2.75, 3.05) is 13.6 Å². The van der Waals surface area contributed by atoms with Gasteiger partial charge in [-0.2, -0.15) is 0 Å². The van der Waals surface area contributed by atoms with Gasteiger partial charge in [0.15, 0.2) is 0 Å². The highest BCUT2D eigenvalue weighted by atomic mass is 19.1. The van der Waals surface area contributed by atoms with Crippen LogP contribution >= 0.6 is 0 Å². The van der Waals surface area contributed by atoms with Crippen LogP contribution in [0.2, 0.25) is 0 Å². The van der Waals surface area contributed by atoms with E-state index in [-0.39, 0.29) is 5.56 Å². The summed E-state index contributed by atoms with van der Waals surface area (Å²) in [5.41, 5.74) is 0.587. The first-order valence-electron chi connectivity index (χ1n) is 4.65. The lowest BCUT2D eigenvalue weighted by molar-refractivity contribution is -0.137. The van der Waals surface area contributed by atoms with Crippen molar-refractivity contribution >= 4 is 11.9 Å². The van der Waals surface area contributed by atoms with E-state index < -0.39 is 24.2 Å². The molecule has 0 radical (unpaired) electrons. The Hall–Kier alpha value is -1.91. The fraction of sp³-hybridized carbons (Fsp3) is 0.273. The van der Waals surface area contributed by atoms with Gasteiger partial charge in [0, 0.05) is 7.05 Å². The number of rotatable bonds is 3. The summed E-state index contributed by atoms with van der Waals surface area (Å²) < 4.78 is 13.4. The average Bonchev–Trinajstić information content (AvgIpc) is 2.15. The third-order valence-corrected chi connectivity index (χ3v) is 2.07. The second-order valence-corrected chi connectivity index (χ2v) is 3.54. The molecule has 5 heteroatoms. The first-order chi connectivity index (χ1) is 7.41. The summed E-state index contributed by atoms with van der Waals surface area (Å²) in [7, 11) is 1.32. The van der Waals surface area contributed by atoms with Crippen LogP contribution in [-0.2, 0) is 4.79 Å². The molecule has 0 bridgehead atoms. The molecule has 0 saturated heterocycles. The van der Waals surface area contributed by atoms with Crippen LogP contribution in [0.25, 0.3) is 0 Å². The summed E-state index contributed by atoms with van der Waals surface area (Å²) in [5.74, 6) is -2.41. The number of carbonyl (C=O) groups excluding carboxylic acids is 1. The van der Waals surface area contributed by atoms with Crippen molar-refractivity contribution in [1.82, 2.24) is 4.90 Å². The predicted molar refractivity (Wildman–Crippen MR) is 55.7 cm³/mol. The molecule has 1 aromatic carbocycles. The summed E-state index contributed by atoms with van der Waals surface area (Å²) in [4.78, 5) is 23.0. The van der Waals surface area contributed by atoms with Crippen LogP contribution in [-0.4, -0.2) is 35.5 Å². The van der Waals surface area contributed by atoms with E-state index in [9.17, 15) is 14.0 Å². The number of likely N-dealkylation sites (N-methyl/N-ethyl adjacent to an activating group) is 1. The van der Waals surface area contributed by atoms with Crippen molar-refractivity contribution in [1.29, 1.82) is 0 Å². The second kappa shape index (κ2) is 4.74. The summed E-state index contributed by atoms with van der Waals surface area (Å²) in [6.07, 6.45) is 0. The number of hydrogen-bond acceptors (Lipinski definition) is 2. The smallest absolute Gasteiger partial charge is 0.323 e. The van der Waals surface area contributed by atoms with Crippen LogP contribution in [0.15, 0.2) is 18.2 Å².